The van der Waals surface area contributed by atoms with Crippen molar-refractivity contribution in [2.24, 2.45) is 35.5 Å². The number of carbonyl (C=O) groups excluding carboxylic acids is 1. The van der Waals surface area contributed by atoms with Gasteiger partial charge in [0.25, 0.3) is 0 Å². The second-order valence-electron chi connectivity index (χ2n) is 12.1. The van der Waals surface area contributed by atoms with Crippen LogP contribution in [-0.2, 0) is 9.53 Å². The van der Waals surface area contributed by atoms with Gasteiger partial charge in [-0.1, -0.05) is 84.9 Å². The fraction of sp³-hybridized carbons (Fsp3) is 0.781. The zero-order valence-corrected chi connectivity index (χ0v) is 24.7. The molecule has 1 aliphatic heterocycles. The maximum Gasteiger partial charge on any atom is 0.306 e. The van der Waals surface area contributed by atoms with E-state index in [9.17, 15) is 25.2 Å². The number of hydrogen-bond donors (Lipinski definition) is 4. The SMILES string of the molecule is C=C/C=C\[C@H](C)[C@H](O)[C@@H](C)[C@H]1CC[C@H](C)C[C@H](C)[C@@H](O)[C@@H](C)/C=C\[C@@H](O)C[C@H](O)[C@H](C)CCCCC(=O)O1. The summed E-state index contributed by atoms with van der Waals surface area (Å²) in [6.07, 6.45) is 11.0. The van der Waals surface area contributed by atoms with E-state index in [1.54, 1.807) is 12.2 Å². The smallest absolute Gasteiger partial charge is 0.306 e. The molecule has 0 aromatic heterocycles. The van der Waals surface area contributed by atoms with E-state index in [4.69, 9.17) is 4.74 Å². The Balaban J connectivity index is 3.04. The van der Waals surface area contributed by atoms with Crippen LogP contribution in [0.4, 0.5) is 0 Å². The van der Waals surface area contributed by atoms with Crippen molar-refractivity contribution < 1.29 is 30.0 Å². The maximum absolute atomic E-state index is 12.8. The van der Waals surface area contributed by atoms with Crippen molar-refractivity contribution >= 4 is 5.97 Å². The van der Waals surface area contributed by atoms with Crippen LogP contribution in [0.1, 0.15) is 92.9 Å². The molecule has 1 rings (SSSR count). The number of ether oxygens (including phenoxy) is 1. The molecule has 0 fully saturated rings. The van der Waals surface area contributed by atoms with Gasteiger partial charge in [-0.15, -0.1) is 0 Å². The molecule has 38 heavy (non-hydrogen) atoms. The Hall–Kier alpha value is -1.47. The zero-order valence-electron chi connectivity index (χ0n) is 24.7. The molecule has 0 amide bonds. The van der Waals surface area contributed by atoms with Crippen LogP contribution < -0.4 is 0 Å². The molecule has 11 atom stereocenters. The molecule has 220 valence electrons. The fourth-order valence-corrected chi connectivity index (χ4v) is 5.49. The normalized spacial score (nSPS) is 37.1. The Morgan fingerprint density at radius 3 is 2.32 bits per heavy atom. The average Bonchev–Trinajstić information content (AvgIpc) is 2.88. The summed E-state index contributed by atoms with van der Waals surface area (Å²) in [7, 11) is 0. The van der Waals surface area contributed by atoms with Gasteiger partial charge in [0.15, 0.2) is 0 Å². The molecule has 6 nitrogen and oxygen atoms in total. The summed E-state index contributed by atoms with van der Waals surface area (Å²) in [5.41, 5.74) is 0. The molecule has 0 aliphatic carbocycles. The minimum absolute atomic E-state index is 0.00258. The van der Waals surface area contributed by atoms with E-state index in [0.29, 0.717) is 25.2 Å². The Kier molecular flexibility index (Phi) is 16.4. The first-order valence-electron chi connectivity index (χ1n) is 14.8. The Morgan fingerprint density at radius 1 is 0.974 bits per heavy atom. The molecular formula is C32H56O6. The lowest BCUT2D eigenvalue weighted by Crippen LogP contribution is -2.37. The highest BCUT2D eigenvalue weighted by atomic mass is 16.5. The molecule has 0 aromatic rings. The van der Waals surface area contributed by atoms with Crippen molar-refractivity contribution in [2.45, 2.75) is 123 Å². The summed E-state index contributed by atoms with van der Waals surface area (Å²) < 4.78 is 5.96. The predicted molar refractivity (Wildman–Crippen MR) is 154 cm³/mol. The van der Waals surface area contributed by atoms with E-state index in [-0.39, 0.29) is 42.0 Å². The molecule has 1 aliphatic rings. The molecule has 4 N–H and O–H groups in total. The first-order chi connectivity index (χ1) is 17.9. The molecule has 0 bridgehead atoms. The third-order valence-corrected chi connectivity index (χ3v) is 8.40. The number of hydrogen-bond acceptors (Lipinski definition) is 6. The van der Waals surface area contributed by atoms with Crippen LogP contribution in [0.15, 0.2) is 37.0 Å². The van der Waals surface area contributed by atoms with Gasteiger partial charge in [0.1, 0.15) is 6.10 Å². The molecule has 0 saturated heterocycles. The maximum atomic E-state index is 12.8. The summed E-state index contributed by atoms with van der Waals surface area (Å²) in [5, 5.41) is 42.8. The topological polar surface area (TPSA) is 107 Å². The summed E-state index contributed by atoms with van der Waals surface area (Å²) >= 11 is 0. The molecule has 6 heteroatoms. The highest BCUT2D eigenvalue weighted by Gasteiger charge is 2.31. The largest absolute Gasteiger partial charge is 0.462 e. The molecular weight excluding hydrogens is 480 g/mol. The predicted octanol–water partition coefficient (Wildman–Crippen LogP) is 5.59. The second kappa shape index (κ2) is 18.0. The summed E-state index contributed by atoms with van der Waals surface area (Å²) in [5.74, 6) is -0.368. The van der Waals surface area contributed by atoms with Crippen molar-refractivity contribution in [1.29, 1.82) is 0 Å². The Bertz CT molecular complexity index is 733. The van der Waals surface area contributed by atoms with Crippen molar-refractivity contribution in [1.82, 2.24) is 0 Å². The van der Waals surface area contributed by atoms with Gasteiger partial charge in [-0.3, -0.25) is 4.79 Å². The van der Waals surface area contributed by atoms with Crippen LogP contribution >= 0.6 is 0 Å². The third-order valence-electron chi connectivity index (χ3n) is 8.40. The second-order valence-corrected chi connectivity index (χ2v) is 12.1. The number of cyclic esters (lactones) is 1. The Morgan fingerprint density at radius 2 is 1.66 bits per heavy atom. The zero-order chi connectivity index (χ0) is 28.8. The van der Waals surface area contributed by atoms with Gasteiger partial charge in [-0.05, 0) is 49.9 Å². The van der Waals surface area contributed by atoms with Crippen LogP contribution in [0.3, 0.4) is 0 Å². The molecule has 1 heterocycles. The molecule has 0 unspecified atom stereocenters. The lowest BCUT2D eigenvalue weighted by Gasteiger charge is -2.31. The van der Waals surface area contributed by atoms with Crippen molar-refractivity contribution in [2.75, 3.05) is 0 Å². The van der Waals surface area contributed by atoms with Gasteiger partial charge in [0.05, 0.1) is 24.4 Å². The van der Waals surface area contributed by atoms with Gasteiger partial charge < -0.3 is 25.2 Å². The van der Waals surface area contributed by atoms with Crippen LogP contribution in [-0.4, -0.2) is 56.9 Å². The van der Waals surface area contributed by atoms with E-state index in [1.807, 2.05) is 52.8 Å². The quantitative estimate of drug-likeness (QED) is 0.207. The number of aliphatic hydroxyl groups excluding tert-OH is 4. The third kappa shape index (κ3) is 12.6. The average molecular weight is 537 g/mol. The molecule has 0 radical (unpaired) electrons. The lowest BCUT2D eigenvalue weighted by atomic mass is 9.82. The molecule has 0 spiro atoms. The standard InChI is InChI=1S/C32H56O6/c1-8-9-12-23(4)32(37)26(7)29-18-15-21(2)19-25(6)31(36)24(5)16-17-27(33)20-28(34)22(3)13-10-11-14-30(35)38-29/h8-9,12,16-17,21-29,31-34,36-37H,1,10-11,13-15,18-20H2,2-7H3/b12-9-,17-16-/t21-,22+,23-,24-,25-,26-,27+,28-,29+,31-,32-/m0/s1. The van der Waals surface area contributed by atoms with E-state index in [2.05, 4.69) is 13.5 Å². The van der Waals surface area contributed by atoms with Crippen LogP contribution in [0.25, 0.3) is 0 Å². The first kappa shape index (κ1) is 34.6. The Labute approximate surface area is 231 Å². The van der Waals surface area contributed by atoms with E-state index in [1.165, 1.54) is 0 Å². The first-order valence-corrected chi connectivity index (χ1v) is 14.8. The number of allylic oxidation sites excluding steroid dienone is 2. The minimum atomic E-state index is -0.763. The van der Waals surface area contributed by atoms with Gasteiger partial charge in [0, 0.05) is 30.6 Å². The summed E-state index contributed by atoms with van der Waals surface area (Å²) in [6, 6.07) is 0. The van der Waals surface area contributed by atoms with Gasteiger partial charge in [0.2, 0.25) is 0 Å². The minimum Gasteiger partial charge on any atom is -0.462 e. The van der Waals surface area contributed by atoms with Gasteiger partial charge in [-0.25, -0.2) is 0 Å². The number of esters is 1. The van der Waals surface area contributed by atoms with E-state index in [0.717, 1.165) is 25.7 Å². The fourth-order valence-electron chi connectivity index (χ4n) is 5.49. The molecule has 0 saturated carbocycles. The number of carbonyl (C=O) groups is 1. The monoisotopic (exact) mass is 536 g/mol. The van der Waals surface area contributed by atoms with Crippen molar-refractivity contribution in [3.63, 3.8) is 0 Å². The van der Waals surface area contributed by atoms with Crippen LogP contribution in [0.5, 0.6) is 0 Å². The summed E-state index contributed by atoms with van der Waals surface area (Å²) in [6.45, 7) is 15.7. The van der Waals surface area contributed by atoms with Gasteiger partial charge >= 0.3 is 5.97 Å². The molecule has 0 aromatic carbocycles. The van der Waals surface area contributed by atoms with Crippen molar-refractivity contribution in [3.05, 3.63) is 37.0 Å². The van der Waals surface area contributed by atoms with E-state index < -0.39 is 30.5 Å². The summed E-state index contributed by atoms with van der Waals surface area (Å²) in [4.78, 5) is 12.8. The van der Waals surface area contributed by atoms with E-state index >= 15 is 0 Å². The number of aliphatic hydroxyl groups is 4. The van der Waals surface area contributed by atoms with Crippen LogP contribution in [0, 0.1) is 35.5 Å². The van der Waals surface area contributed by atoms with Crippen molar-refractivity contribution in [3.8, 4) is 0 Å². The van der Waals surface area contributed by atoms with Crippen LogP contribution in [0.2, 0.25) is 0 Å². The lowest BCUT2D eigenvalue weighted by molar-refractivity contribution is -0.155. The van der Waals surface area contributed by atoms with Gasteiger partial charge in [-0.2, -0.15) is 0 Å². The highest BCUT2D eigenvalue weighted by molar-refractivity contribution is 5.69. The highest BCUT2D eigenvalue weighted by Crippen LogP contribution is 2.29. The number of rotatable bonds is 5.